The van der Waals surface area contributed by atoms with Crippen LogP contribution in [0.4, 0.5) is 17.6 Å². The number of aliphatic carboxylic acids is 1. The average Bonchev–Trinajstić information content (AvgIpc) is 2.30. The third-order valence-electron chi connectivity index (χ3n) is 2.11. The van der Waals surface area contributed by atoms with E-state index in [0.29, 0.717) is 5.56 Å². The van der Waals surface area contributed by atoms with Crippen LogP contribution in [-0.4, -0.2) is 23.6 Å². The Labute approximate surface area is 106 Å². The van der Waals surface area contributed by atoms with Crippen molar-refractivity contribution in [2.75, 3.05) is 0 Å². The van der Waals surface area contributed by atoms with E-state index in [2.05, 4.69) is 4.74 Å². The van der Waals surface area contributed by atoms with Gasteiger partial charge in [0, 0.05) is 5.57 Å². The Balaban J connectivity index is 2.83. The zero-order valence-electron chi connectivity index (χ0n) is 9.74. The molecule has 7 heteroatoms. The van der Waals surface area contributed by atoms with E-state index in [9.17, 15) is 22.4 Å². The van der Waals surface area contributed by atoms with Crippen molar-refractivity contribution in [3.05, 3.63) is 35.4 Å². The van der Waals surface area contributed by atoms with Crippen LogP contribution in [0, 0.1) is 0 Å². The molecule has 0 unspecified atom stereocenters. The summed E-state index contributed by atoms with van der Waals surface area (Å²) in [7, 11) is 0. The molecule has 0 radical (unpaired) electrons. The van der Waals surface area contributed by atoms with E-state index in [0.717, 1.165) is 12.1 Å². The SMILES string of the molecule is C/C(=C\c1ccc(OC(F)(F)C(F)F)cc1)C(=O)O. The number of ether oxygens (including phenoxy) is 1. The minimum atomic E-state index is -4.56. The van der Waals surface area contributed by atoms with E-state index in [1.165, 1.54) is 25.1 Å². The molecule has 0 saturated heterocycles. The van der Waals surface area contributed by atoms with Crippen LogP contribution in [0.25, 0.3) is 6.08 Å². The molecule has 0 spiro atoms. The lowest BCUT2D eigenvalue weighted by Crippen LogP contribution is -2.33. The molecule has 3 nitrogen and oxygen atoms in total. The molecule has 1 aromatic rings. The fourth-order valence-corrected chi connectivity index (χ4v) is 1.15. The lowest BCUT2D eigenvalue weighted by Gasteiger charge is -2.16. The van der Waals surface area contributed by atoms with Crippen LogP contribution in [0.2, 0.25) is 0 Å². The Morgan fingerprint density at radius 3 is 2.26 bits per heavy atom. The van der Waals surface area contributed by atoms with Crippen molar-refractivity contribution >= 4 is 12.0 Å². The number of halogens is 4. The Morgan fingerprint density at radius 2 is 1.84 bits per heavy atom. The Bertz CT molecular complexity index is 480. The van der Waals surface area contributed by atoms with E-state index < -0.39 is 24.3 Å². The smallest absolute Gasteiger partial charge is 0.461 e. The van der Waals surface area contributed by atoms with Gasteiger partial charge in [-0.15, -0.1) is 0 Å². The second-order valence-corrected chi connectivity index (χ2v) is 3.67. The van der Waals surface area contributed by atoms with Gasteiger partial charge in [-0.25, -0.2) is 4.79 Å². The molecule has 1 aromatic carbocycles. The summed E-state index contributed by atoms with van der Waals surface area (Å²) in [5, 5.41) is 8.64. The van der Waals surface area contributed by atoms with E-state index in [-0.39, 0.29) is 5.57 Å². The van der Waals surface area contributed by atoms with Gasteiger partial charge in [-0.1, -0.05) is 12.1 Å². The molecule has 0 bridgehead atoms. The average molecular weight is 278 g/mol. The molecule has 104 valence electrons. The molecule has 1 rings (SSSR count). The Morgan fingerprint density at radius 1 is 1.32 bits per heavy atom. The number of hydrogen-bond donors (Lipinski definition) is 1. The monoisotopic (exact) mass is 278 g/mol. The maximum Gasteiger partial charge on any atom is 0.461 e. The zero-order chi connectivity index (χ0) is 14.6. The number of benzene rings is 1. The van der Waals surface area contributed by atoms with Crippen LogP contribution in [0.1, 0.15) is 12.5 Å². The van der Waals surface area contributed by atoms with E-state index >= 15 is 0 Å². The van der Waals surface area contributed by atoms with Crippen LogP contribution in [0.15, 0.2) is 29.8 Å². The predicted octanol–water partition coefficient (Wildman–Crippen LogP) is 3.41. The van der Waals surface area contributed by atoms with Crippen LogP contribution in [0.5, 0.6) is 5.75 Å². The highest BCUT2D eigenvalue weighted by atomic mass is 19.3. The fourth-order valence-electron chi connectivity index (χ4n) is 1.15. The number of rotatable bonds is 5. The number of carbonyl (C=O) groups is 1. The van der Waals surface area contributed by atoms with Gasteiger partial charge in [0.25, 0.3) is 0 Å². The first-order valence-electron chi connectivity index (χ1n) is 5.09. The van der Waals surface area contributed by atoms with Crippen molar-refractivity contribution < 1.29 is 32.2 Å². The maximum absolute atomic E-state index is 12.6. The molecule has 0 saturated carbocycles. The van der Waals surface area contributed by atoms with E-state index in [1.807, 2.05) is 0 Å². The van der Waals surface area contributed by atoms with Crippen molar-refractivity contribution in [1.82, 2.24) is 0 Å². The first-order valence-corrected chi connectivity index (χ1v) is 5.09. The van der Waals surface area contributed by atoms with E-state index in [4.69, 9.17) is 5.11 Å². The van der Waals surface area contributed by atoms with Crippen molar-refractivity contribution in [3.8, 4) is 5.75 Å². The molecule has 1 N–H and O–H groups in total. The first-order chi connectivity index (χ1) is 8.72. The molecule has 0 aliphatic rings. The van der Waals surface area contributed by atoms with Gasteiger partial charge in [0.05, 0.1) is 0 Å². The molecular formula is C12H10F4O3. The highest BCUT2D eigenvalue weighted by molar-refractivity contribution is 5.91. The lowest BCUT2D eigenvalue weighted by atomic mass is 10.1. The number of carboxylic acids is 1. The normalized spacial score (nSPS) is 12.6. The summed E-state index contributed by atoms with van der Waals surface area (Å²) in [5.41, 5.74) is 0.471. The molecule has 19 heavy (non-hydrogen) atoms. The fraction of sp³-hybridized carbons (Fsp3) is 0.250. The van der Waals surface area contributed by atoms with Gasteiger partial charge in [0.15, 0.2) is 0 Å². The number of carboxylic acid groups (broad SMARTS) is 1. The minimum absolute atomic E-state index is 0.0478. The summed E-state index contributed by atoms with van der Waals surface area (Å²) >= 11 is 0. The number of hydrogen-bond acceptors (Lipinski definition) is 2. The van der Waals surface area contributed by atoms with Gasteiger partial charge < -0.3 is 9.84 Å². The molecule has 0 aliphatic heterocycles. The molecule has 0 amide bonds. The van der Waals surface area contributed by atoms with Gasteiger partial charge in [-0.2, -0.15) is 17.6 Å². The summed E-state index contributed by atoms with van der Waals surface area (Å²) in [6.07, 6.45) is -7.19. The van der Waals surface area contributed by atoms with Crippen molar-refractivity contribution in [3.63, 3.8) is 0 Å². The van der Waals surface area contributed by atoms with Crippen LogP contribution in [-0.2, 0) is 4.79 Å². The van der Waals surface area contributed by atoms with Crippen molar-refractivity contribution in [2.45, 2.75) is 19.5 Å². The third kappa shape index (κ3) is 4.27. The second-order valence-electron chi connectivity index (χ2n) is 3.67. The molecule has 0 atom stereocenters. The van der Waals surface area contributed by atoms with Crippen LogP contribution in [0.3, 0.4) is 0 Å². The Hall–Kier alpha value is -2.05. The predicted molar refractivity (Wildman–Crippen MR) is 59.3 cm³/mol. The van der Waals surface area contributed by atoms with Gasteiger partial charge in [0.1, 0.15) is 5.75 Å². The second kappa shape index (κ2) is 5.73. The summed E-state index contributed by atoms with van der Waals surface area (Å²) < 4.78 is 52.8. The van der Waals surface area contributed by atoms with Crippen LogP contribution >= 0.6 is 0 Å². The third-order valence-corrected chi connectivity index (χ3v) is 2.11. The van der Waals surface area contributed by atoms with Crippen molar-refractivity contribution in [2.24, 2.45) is 0 Å². The topological polar surface area (TPSA) is 46.5 Å². The van der Waals surface area contributed by atoms with Crippen molar-refractivity contribution in [1.29, 1.82) is 0 Å². The van der Waals surface area contributed by atoms with Crippen LogP contribution < -0.4 is 4.74 Å². The highest BCUT2D eigenvalue weighted by Gasteiger charge is 2.43. The Kier molecular flexibility index (Phi) is 4.52. The van der Waals surface area contributed by atoms with E-state index in [1.54, 1.807) is 0 Å². The summed E-state index contributed by atoms with van der Waals surface area (Å²) in [6, 6.07) is 4.67. The van der Waals surface area contributed by atoms with Gasteiger partial charge in [-0.05, 0) is 30.7 Å². The maximum atomic E-state index is 12.6. The summed E-state index contributed by atoms with van der Waals surface area (Å²) in [5.74, 6) is -1.56. The standard InChI is InChI=1S/C12H10F4O3/c1-7(10(17)18)6-8-2-4-9(5-3-8)19-12(15,16)11(13)14/h2-6,11H,1H3,(H,17,18)/b7-6+. The summed E-state index contributed by atoms with van der Waals surface area (Å²) in [4.78, 5) is 10.6. The number of alkyl halides is 4. The van der Waals surface area contributed by atoms with Gasteiger partial charge in [-0.3, -0.25) is 0 Å². The highest BCUT2D eigenvalue weighted by Crippen LogP contribution is 2.27. The molecule has 0 heterocycles. The van der Waals surface area contributed by atoms with Gasteiger partial charge in [0.2, 0.25) is 0 Å². The molecule has 0 aromatic heterocycles. The first kappa shape index (κ1) is 15.0. The largest absolute Gasteiger partial charge is 0.478 e. The van der Waals surface area contributed by atoms with Gasteiger partial charge >= 0.3 is 18.5 Å². The quantitative estimate of drug-likeness (QED) is 0.663. The molecule has 0 fully saturated rings. The zero-order valence-corrected chi connectivity index (χ0v) is 9.74. The minimum Gasteiger partial charge on any atom is -0.478 e. The molecular weight excluding hydrogens is 268 g/mol. The lowest BCUT2D eigenvalue weighted by molar-refractivity contribution is -0.253. The molecule has 0 aliphatic carbocycles. The summed E-state index contributed by atoms with van der Waals surface area (Å²) in [6.45, 7) is 1.36.